The van der Waals surface area contributed by atoms with Gasteiger partial charge in [0.05, 0.1) is 5.25 Å². The van der Waals surface area contributed by atoms with Crippen LogP contribution in [0.4, 0.5) is 0 Å². The molecule has 3 nitrogen and oxygen atoms in total. The molecule has 0 radical (unpaired) electrons. The van der Waals surface area contributed by atoms with Crippen LogP contribution < -0.4 is 5.73 Å². The molecule has 0 saturated carbocycles. The molecule has 2 N–H and O–H groups in total. The van der Waals surface area contributed by atoms with E-state index in [9.17, 15) is 4.79 Å². The number of rotatable bonds is 6. The second-order valence-corrected chi connectivity index (χ2v) is 6.23. The summed E-state index contributed by atoms with van der Waals surface area (Å²) in [4.78, 5) is 14.3. The third kappa shape index (κ3) is 4.51. The van der Waals surface area contributed by atoms with Crippen LogP contribution in [0, 0.1) is 0 Å². The first-order chi connectivity index (χ1) is 8.20. The van der Waals surface area contributed by atoms with Crippen molar-refractivity contribution in [2.45, 2.75) is 57.2 Å². The lowest BCUT2D eigenvalue weighted by molar-refractivity contribution is -0.133. The topological polar surface area (TPSA) is 46.3 Å². The van der Waals surface area contributed by atoms with Crippen molar-refractivity contribution in [2.75, 3.05) is 18.8 Å². The van der Waals surface area contributed by atoms with Gasteiger partial charge in [-0.3, -0.25) is 4.79 Å². The Balaban J connectivity index is 2.43. The summed E-state index contributed by atoms with van der Waals surface area (Å²) in [7, 11) is 0. The fourth-order valence-electron chi connectivity index (χ4n) is 2.25. The number of hydrogen-bond acceptors (Lipinski definition) is 3. The van der Waals surface area contributed by atoms with Gasteiger partial charge >= 0.3 is 0 Å². The molecule has 100 valence electrons. The van der Waals surface area contributed by atoms with E-state index < -0.39 is 0 Å². The molecule has 0 bridgehead atoms. The van der Waals surface area contributed by atoms with Crippen molar-refractivity contribution >= 4 is 17.7 Å². The number of amides is 1. The van der Waals surface area contributed by atoms with E-state index in [0.29, 0.717) is 12.5 Å². The molecule has 0 aromatic heterocycles. The Morgan fingerprint density at radius 2 is 2.29 bits per heavy atom. The minimum Gasteiger partial charge on any atom is -0.337 e. The standard InChI is InChI=1S/C13H26N2OS/c1-3-4-9-17-11(2)13(16)15-8-6-5-7-12(15)10-14/h11-12H,3-10,14H2,1-2H3. The van der Waals surface area contributed by atoms with E-state index in [4.69, 9.17) is 5.73 Å². The van der Waals surface area contributed by atoms with E-state index >= 15 is 0 Å². The van der Waals surface area contributed by atoms with Crippen molar-refractivity contribution < 1.29 is 4.79 Å². The van der Waals surface area contributed by atoms with Crippen molar-refractivity contribution in [3.05, 3.63) is 0 Å². The largest absolute Gasteiger partial charge is 0.337 e. The van der Waals surface area contributed by atoms with Crippen LogP contribution in [0.2, 0.25) is 0 Å². The van der Waals surface area contributed by atoms with Crippen LogP contribution in [0.5, 0.6) is 0 Å². The Bertz CT molecular complexity index is 235. The number of thioether (sulfide) groups is 1. The van der Waals surface area contributed by atoms with E-state index in [1.165, 1.54) is 19.3 Å². The van der Waals surface area contributed by atoms with Gasteiger partial charge < -0.3 is 10.6 Å². The quantitative estimate of drug-likeness (QED) is 0.743. The number of carbonyl (C=O) groups excluding carboxylic acids is 1. The van der Waals surface area contributed by atoms with Gasteiger partial charge in [0.1, 0.15) is 0 Å². The zero-order chi connectivity index (χ0) is 12.7. The van der Waals surface area contributed by atoms with Crippen molar-refractivity contribution in [3.8, 4) is 0 Å². The lowest BCUT2D eigenvalue weighted by Crippen LogP contribution is -2.50. The molecule has 0 aliphatic carbocycles. The summed E-state index contributed by atoms with van der Waals surface area (Å²) in [6.45, 7) is 5.73. The molecule has 1 aliphatic heterocycles. The van der Waals surface area contributed by atoms with Gasteiger partial charge in [0.2, 0.25) is 5.91 Å². The van der Waals surface area contributed by atoms with Crippen LogP contribution in [0.1, 0.15) is 46.0 Å². The molecule has 2 unspecified atom stereocenters. The summed E-state index contributed by atoms with van der Waals surface area (Å²) in [5, 5.41) is 0.0914. The Hall–Kier alpha value is -0.220. The molecule has 2 atom stereocenters. The van der Waals surface area contributed by atoms with E-state index in [1.54, 1.807) is 11.8 Å². The van der Waals surface area contributed by atoms with Crippen molar-refractivity contribution in [2.24, 2.45) is 5.73 Å². The smallest absolute Gasteiger partial charge is 0.235 e. The van der Waals surface area contributed by atoms with Crippen molar-refractivity contribution in [1.29, 1.82) is 0 Å². The maximum absolute atomic E-state index is 12.3. The minimum atomic E-state index is 0.0914. The predicted octanol–water partition coefficient (Wildman–Crippen LogP) is 2.25. The SMILES string of the molecule is CCCCSC(C)C(=O)N1CCCCC1CN. The first-order valence-electron chi connectivity index (χ1n) is 6.82. The fraction of sp³-hybridized carbons (Fsp3) is 0.923. The second kappa shape index (κ2) is 7.98. The van der Waals surface area contributed by atoms with Crippen LogP contribution in [0.15, 0.2) is 0 Å². The number of piperidine rings is 1. The zero-order valence-corrected chi connectivity index (χ0v) is 12.0. The Kier molecular flexibility index (Phi) is 6.97. The van der Waals surface area contributed by atoms with Gasteiger partial charge in [-0.15, -0.1) is 11.8 Å². The Labute approximate surface area is 109 Å². The monoisotopic (exact) mass is 258 g/mol. The molecular formula is C13H26N2OS. The highest BCUT2D eigenvalue weighted by Crippen LogP contribution is 2.21. The zero-order valence-electron chi connectivity index (χ0n) is 11.2. The Morgan fingerprint density at radius 3 is 2.94 bits per heavy atom. The van der Waals surface area contributed by atoms with Crippen molar-refractivity contribution in [3.63, 3.8) is 0 Å². The highest BCUT2D eigenvalue weighted by molar-refractivity contribution is 8.00. The van der Waals surface area contributed by atoms with Gasteiger partial charge in [-0.2, -0.15) is 0 Å². The summed E-state index contributed by atoms with van der Waals surface area (Å²) < 4.78 is 0. The molecular weight excluding hydrogens is 232 g/mol. The maximum atomic E-state index is 12.3. The van der Waals surface area contributed by atoms with Gasteiger partial charge in [-0.1, -0.05) is 13.3 Å². The third-order valence-electron chi connectivity index (χ3n) is 3.40. The molecule has 1 rings (SSSR count). The van der Waals surface area contributed by atoms with E-state index in [-0.39, 0.29) is 11.3 Å². The molecule has 0 spiro atoms. The van der Waals surface area contributed by atoms with E-state index in [0.717, 1.165) is 25.1 Å². The van der Waals surface area contributed by atoms with Gasteiger partial charge in [0.25, 0.3) is 0 Å². The number of hydrogen-bond donors (Lipinski definition) is 1. The second-order valence-electron chi connectivity index (χ2n) is 4.78. The average Bonchev–Trinajstić information content (AvgIpc) is 2.38. The normalized spacial score (nSPS) is 22.5. The van der Waals surface area contributed by atoms with Crippen molar-refractivity contribution in [1.82, 2.24) is 4.90 Å². The molecule has 1 saturated heterocycles. The summed E-state index contributed by atoms with van der Waals surface area (Å²) >= 11 is 1.78. The van der Waals surface area contributed by atoms with Crippen LogP contribution >= 0.6 is 11.8 Å². The molecule has 17 heavy (non-hydrogen) atoms. The summed E-state index contributed by atoms with van der Waals surface area (Å²) in [5.74, 6) is 1.38. The number of likely N-dealkylation sites (tertiary alicyclic amines) is 1. The van der Waals surface area contributed by atoms with Gasteiger partial charge in [-0.05, 0) is 38.4 Å². The number of nitrogens with two attached hydrogens (primary N) is 1. The van der Waals surface area contributed by atoms with Gasteiger partial charge in [-0.25, -0.2) is 0 Å². The molecule has 0 aromatic rings. The fourth-order valence-corrected chi connectivity index (χ4v) is 3.33. The lowest BCUT2D eigenvalue weighted by atomic mass is 10.0. The van der Waals surface area contributed by atoms with Gasteiger partial charge in [0.15, 0.2) is 0 Å². The number of carbonyl (C=O) groups is 1. The first kappa shape index (κ1) is 14.8. The van der Waals surface area contributed by atoms with Crippen LogP contribution in [0.25, 0.3) is 0 Å². The molecule has 1 aliphatic rings. The van der Waals surface area contributed by atoms with Crippen LogP contribution in [-0.4, -0.2) is 40.9 Å². The molecule has 1 fully saturated rings. The summed E-state index contributed by atoms with van der Waals surface area (Å²) in [6, 6.07) is 0.283. The molecule has 1 heterocycles. The Morgan fingerprint density at radius 1 is 1.53 bits per heavy atom. The highest BCUT2D eigenvalue weighted by Gasteiger charge is 2.28. The molecule has 4 heteroatoms. The maximum Gasteiger partial charge on any atom is 0.235 e. The first-order valence-corrected chi connectivity index (χ1v) is 7.87. The summed E-state index contributed by atoms with van der Waals surface area (Å²) in [5.41, 5.74) is 5.75. The van der Waals surface area contributed by atoms with Crippen LogP contribution in [0.3, 0.4) is 0 Å². The lowest BCUT2D eigenvalue weighted by Gasteiger charge is -2.36. The van der Waals surface area contributed by atoms with Gasteiger partial charge in [0, 0.05) is 19.1 Å². The third-order valence-corrected chi connectivity index (χ3v) is 4.62. The summed E-state index contributed by atoms with van der Waals surface area (Å²) in [6.07, 6.45) is 5.82. The van der Waals surface area contributed by atoms with E-state index in [1.807, 2.05) is 11.8 Å². The molecule has 1 amide bonds. The molecule has 0 aromatic carbocycles. The highest BCUT2D eigenvalue weighted by atomic mass is 32.2. The average molecular weight is 258 g/mol. The number of unbranched alkanes of at least 4 members (excludes halogenated alkanes) is 1. The van der Waals surface area contributed by atoms with Crippen LogP contribution in [-0.2, 0) is 4.79 Å². The number of nitrogens with zero attached hydrogens (tertiary/aromatic N) is 1. The minimum absolute atomic E-state index is 0.0914. The predicted molar refractivity (Wildman–Crippen MR) is 75.2 cm³/mol. The van der Waals surface area contributed by atoms with E-state index in [2.05, 4.69) is 6.92 Å².